The number of rotatable bonds is 6. The normalized spacial score (nSPS) is 12.4. The first-order valence-corrected chi connectivity index (χ1v) is 7.96. The van der Waals surface area contributed by atoms with Gasteiger partial charge in [0.25, 0.3) is 0 Å². The van der Waals surface area contributed by atoms with Gasteiger partial charge in [0.1, 0.15) is 12.4 Å². The average Bonchev–Trinajstić information content (AvgIpc) is 2.81. The molecule has 0 amide bonds. The lowest BCUT2D eigenvalue weighted by Crippen LogP contribution is -2.15. The largest absolute Gasteiger partial charge is 0.488 e. The molecule has 2 nitrogen and oxygen atoms in total. The van der Waals surface area contributed by atoms with E-state index in [0.717, 1.165) is 22.4 Å². The maximum atomic E-state index is 5.76. The number of nitrogens with two attached hydrogens (primary N) is 1. The zero-order chi connectivity index (χ0) is 13.7. The SMILES string of the molecule is CC(N)CCc1ccc(OCc2ccc(Br)s2)cc1. The maximum absolute atomic E-state index is 5.76. The minimum Gasteiger partial charge on any atom is -0.488 e. The Balaban J connectivity index is 1.84. The lowest BCUT2D eigenvalue weighted by atomic mass is 10.1. The molecular formula is C15H18BrNOS. The molecule has 1 atom stereocenters. The van der Waals surface area contributed by atoms with E-state index >= 15 is 0 Å². The summed E-state index contributed by atoms with van der Waals surface area (Å²) in [5, 5.41) is 0. The molecule has 1 heterocycles. The van der Waals surface area contributed by atoms with Crippen molar-refractivity contribution in [3.63, 3.8) is 0 Å². The Labute approximate surface area is 126 Å². The molecule has 0 saturated carbocycles. The fourth-order valence-electron chi connectivity index (χ4n) is 1.73. The topological polar surface area (TPSA) is 35.2 Å². The van der Waals surface area contributed by atoms with Crippen LogP contribution in [0.15, 0.2) is 40.2 Å². The van der Waals surface area contributed by atoms with Gasteiger partial charge in [0, 0.05) is 10.9 Å². The van der Waals surface area contributed by atoms with Gasteiger partial charge in [-0.3, -0.25) is 0 Å². The van der Waals surface area contributed by atoms with Crippen molar-refractivity contribution in [3.8, 4) is 5.75 Å². The van der Waals surface area contributed by atoms with Gasteiger partial charge in [-0.05, 0) is 65.5 Å². The number of benzene rings is 1. The molecule has 2 rings (SSSR count). The van der Waals surface area contributed by atoms with Crippen molar-refractivity contribution >= 4 is 27.3 Å². The van der Waals surface area contributed by atoms with Crippen LogP contribution in [-0.4, -0.2) is 6.04 Å². The van der Waals surface area contributed by atoms with E-state index in [0.29, 0.717) is 6.61 Å². The fourth-order valence-corrected chi connectivity index (χ4v) is 3.13. The summed E-state index contributed by atoms with van der Waals surface area (Å²) < 4.78 is 6.89. The van der Waals surface area contributed by atoms with Gasteiger partial charge in [0.2, 0.25) is 0 Å². The molecule has 2 aromatic rings. The van der Waals surface area contributed by atoms with Gasteiger partial charge in [-0.25, -0.2) is 0 Å². The van der Waals surface area contributed by atoms with Gasteiger partial charge >= 0.3 is 0 Å². The van der Waals surface area contributed by atoms with Crippen LogP contribution in [0.1, 0.15) is 23.8 Å². The van der Waals surface area contributed by atoms with Crippen LogP contribution in [0, 0.1) is 0 Å². The van der Waals surface area contributed by atoms with Gasteiger partial charge in [-0.2, -0.15) is 0 Å². The average molecular weight is 340 g/mol. The van der Waals surface area contributed by atoms with Gasteiger partial charge < -0.3 is 10.5 Å². The summed E-state index contributed by atoms with van der Waals surface area (Å²) in [6, 6.07) is 12.7. The molecule has 4 heteroatoms. The second-order valence-electron chi connectivity index (χ2n) is 4.65. The van der Waals surface area contributed by atoms with Crippen molar-refractivity contribution in [2.45, 2.75) is 32.4 Å². The summed E-state index contributed by atoms with van der Waals surface area (Å²) in [4.78, 5) is 1.22. The van der Waals surface area contributed by atoms with Crippen molar-refractivity contribution < 1.29 is 4.74 Å². The number of thiophene rings is 1. The minimum absolute atomic E-state index is 0.258. The summed E-state index contributed by atoms with van der Waals surface area (Å²) in [6.45, 7) is 2.66. The number of halogens is 1. The van der Waals surface area contributed by atoms with Crippen molar-refractivity contribution in [2.75, 3.05) is 0 Å². The molecule has 0 fully saturated rings. The van der Waals surface area contributed by atoms with Gasteiger partial charge in [0.05, 0.1) is 3.79 Å². The zero-order valence-corrected chi connectivity index (χ0v) is 13.3. The van der Waals surface area contributed by atoms with Crippen LogP contribution in [0.4, 0.5) is 0 Å². The lowest BCUT2D eigenvalue weighted by molar-refractivity contribution is 0.309. The molecule has 0 aliphatic carbocycles. The Morgan fingerprint density at radius 1 is 1.21 bits per heavy atom. The van der Waals surface area contributed by atoms with Gasteiger partial charge in [-0.1, -0.05) is 12.1 Å². The van der Waals surface area contributed by atoms with Crippen LogP contribution in [0.2, 0.25) is 0 Å². The third-order valence-corrected chi connectivity index (χ3v) is 4.42. The van der Waals surface area contributed by atoms with E-state index in [1.165, 1.54) is 10.4 Å². The Kier molecular flexibility index (Phi) is 5.43. The Morgan fingerprint density at radius 2 is 1.95 bits per heavy atom. The van der Waals surface area contributed by atoms with Crippen LogP contribution in [0.3, 0.4) is 0 Å². The smallest absolute Gasteiger partial charge is 0.122 e. The van der Waals surface area contributed by atoms with Crippen LogP contribution < -0.4 is 10.5 Å². The Hall–Kier alpha value is -0.840. The summed E-state index contributed by atoms with van der Waals surface area (Å²) in [7, 11) is 0. The molecule has 102 valence electrons. The third-order valence-electron chi connectivity index (χ3n) is 2.82. The van der Waals surface area contributed by atoms with Crippen molar-refractivity contribution in [1.82, 2.24) is 0 Å². The van der Waals surface area contributed by atoms with E-state index < -0.39 is 0 Å². The second-order valence-corrected chi connectivity index (χ2v) is 7.20. The van der Waals surface area contributed by atoms with E-state index in [9.17, 15) is 0 Å². The predicted octanol–water partition coefficient (Wildman–Crippen LogP) is 4.37. The van der Waals surface area contributed by atoms with Crippen LogP contribution in [0.25, 0.3) is 0 Å². The maximum Gasteiger partial charge on any atom is 0.122 e. The molecule has 19 heavy (non-hydrogen) atoms. The highest BCUT2D eigenvalue weighted by molar-refractivity contribution is 9.11. The van der Waals surface area contributed by atoms with E-state index in [2.05, 4.69) is 34.1 Å². The molecule has 0 spiro atoms. The fraction of sp³-hybridized carbons (Fsp3) is 0.333. The lowest BCUT2D eigenvalue weighted by Gasteiger charge is -2.07. The molecule has 0 radical (unpaired) electrons. The number of aryl methyl sites for hydroxylation is 1. The molecule has 1 aromatic carbocycles. The van der Waals surface area contributed by atoms with Crippen molar-refractivity contribution in [2.24, 2.45) is 5.73 Å². The van der Waals surface area contributed by atoms with Crippen molar-refractivity contribution in [3.05, 3.63) is 50.6 Å². The second kappa shape index (κ2) is 7.08. The number of ether oxygens (including phenoxy) is 1. The summed E-state index contributed by atoms with van der Waals surface area (Å²) in [5.74, 6) is 0.911. The zero-order valence-electron chi connectivity index (χ0n) is 10.9. The molecule has 0 bridgehead atoms. The van der Waals surface area contributed by atoms with E-state index in [-0.39, 0.29) is 6.04 Å². The quantitative estimate of drug-likeness (QED) is 0.847. The highest BCUT2D eigenvalue weighted by Crippen LogP contribution is 2.23. The molecule has 0 aliphatic heterocycles. The number of hydrogen-bond donors (Lipinski definition) is 1. The molecular weight excluding hydrogens is 322 g/mol. The van der Waals surface area contributed by atoms with Crippen LogP contribution in [0.5, 0.6) is 5.75 Å². The molecule has 1 aromatic heterocycles. The first-order chi connectivity index (χ1) is 9.13. The van der Waals surface area contributed by atoms with Gasteiger partial charge in [-0.15, -0.1) is 11.3 Å². The Morgan fingerprint density at radius 3 is 2.53 bits per heavy atom. The van der Waals surface area contributed by atoms with Crippen LogP contribution in [-0.2, 0) is 13.0 Å². The summed E-state index contributed by atoms with van der Waals surface area (Å²) in [6.07, 6.45) is 2.04. The molecule has 2 N–H and O–H groups in total. The van der Waals surface area contributed by atoms with E-state index in [4.69, 9.17) is 10.5 Å². The Bertz CT molecular complexity index is 507. The number of hydrogen-bond acceptors (Lipinski definition) is 3. The van der Waals surface area contributed by atoms with E-state index in [1.54, 1.807) is 11.3 Å². The third kappa shape index (κ3) is 4.97. The molecule has 0 saturated heterocycles. The molecule has 1 unspecified atom stereocenters. The van der Waals surface area contributed by atoms with E-state index in [1.807, 2.05) is 25.1 Å². The summed E-state index contributed by atoms with van der Waals surface area (Å²) >= 11 is 5.15. The minimum atomic E-state index is 0.258. The molecule has 0 aliphatic rings. The van der Waals surface area contributed by atoms with Gasteiger partial charge in [0.15, 0.2) is 0 Å². The highest BCUT2D eigenvalue weighted by atomic mass is 79.9. The first-order valence-electron chi connectivity index (χ1n) is 6.35. The summed E-state index contributed by atoms with van der Waals surface area (Å²) in [5.41, 5.74) is 7.07. The first kappa shape index (κ1) is 14.6. The highest BCUT2D eigenvalue weighted by Gasteiger charge is 2.01. The van der Waals surface area contributed by atoms with Crippen LogP contribution >= 0.6 is 27.3 Å². The standard InChI is InChI=1S/C15H18BrNOS/c1-11(17)2-3-12-4-6-13(7-5-12)18-10-14-8-9-15(16)19-14/h4-9,11H,2-3,10,17H2,1H3. The van der Waals surface area contributed by atoms with Crippen molar-refractivity contribution in [1.29, 1.82) is 0 Å². The monoisotopic (exact) mass is 339 g/mol. The predicted molar refractivity (Wildman–Crippen MR) is 84.8 cm³/mol.